The Bertz CT molecular complexity index is 464. The molecular formula is C10H10BrNS2. The molecule has 0 unspecified atom stereocenters. The quantitative estimate of drug-likeness (QED) is 0.511. The molecule has 4 heteroatoms. The fraction of sp³-hybridized carbons (Fsp3) is 0.200. The van der Waals surface area contributed by atoms with E-state index in [9.17, 15) is 0 Å². The van der Waals surface area contributed by atoms with E-state index in [2.05, 4.69) is 40.4 Å². The number of nitrogens with two attached hydrogens (primary N) is 1. The average Bonchev–Trinajstić information content (AvgIpc) is 2.58. The molecule has 0 fully saturated rings. The molecule has 2 aromatic rings. The summed E-state index contributed by atoms with van der Waals surface area (Å²) < 4.78 is 1.27. The van der Waals surface area contributed by atoms with Crippen LogP contribution in [0.1, 0.15) is 4.88 Å². The van der Waals surface area contributed by atoms with Crippen LogP contribution < -0.4 is 5.73 Å². The number of benzene rings is 1. The number of halogens is 1. The number of rotatable bonds is 2. The third-order valence-electron chi connectivity index (χ3n) is 2.05. The monoisotopic (exact) mass is 287 g/mol. The van der Waals surface area contributed by atoms with Crippen LogP contribution in [0.25, 0.3) is 10.1 Å². The molecule has 0 bridgehead atoms. The normalized spacial score (nSPS) is 11.0. The fourth-order valence-electron chi connectivity index (χ4n) is 1.38. The van der Waals surface area contributed by atoms with Crippen LogP contribution in [0.2, 0.25) is 0 Å². The summed E-state index contributed by atoms with van der Waals surface area (Å²) in [6, 6.07) is 6.45. The fourth-order valence-corrected chi connectivity index (χ4v) is 3.37. The van der Waals surface area contributed by atoms with Gasteiger partial charge in [0.25, 0.3) is 0 Å². The van der Waals surface area contributed by atoms with Crippen LogP contribution in [0.15, 0.2) is 23.1 Å². The Morgan fingerprint density at radius 1 is 1.43 bits per heavy atom. The van der Waals surface area contributed by atoms with Gasteiger partial charge in [-0.05, 0) is 29.8 Å². The molecule has 2 N–H and O–H groups in total. The van der Waals surface area contributed by atoms with Gasteiger partial charge >= 0.3 is 0 Å². The molecule has 1 aromatic carbocycles. The first-order valence-electron chi connectivity index (χ1n) is 4.16. The number of alkyl halides is 1. The van der Waals surface area contributed by atoms with Gasteiger partial charge in [0.2, 0.25) is 0 Å². The Morgan fingerprint density at radius 2 is 2.21 bits per heavy atom. The predicted molar refractivity (Wildman–Crippen MR) is 70.6 cm³/mol. The number of hydrogen-bond donors (Lipinski definition) is 1. The van der Waals surface area contributed by atoms with E-state index >= 15 is 0 Å². The number of nitrogen functional groups attached to an aromatic ring is 1. The molecule has 0 saturated heterocycles. The van der Waals surface area contributed by atoms with Crippen molar-refractivity contribution in [1.82, 2.24) is 0 Å². The Balaban J connectivity index is 2.64. The third kappa shape index (κ3) is 1.78. The highest BCUT2D eigenvalue weighted by Gasteiger charge is 2.04. The molecule has 0 amide bonds. The van der Waals surface area contributed by atoms with E-state index in [1.54, 1.807) is 23.1 Å². The summed E-state index contributed by atoms with van der Waals surface area (Å²) in [5.74, 6) is 0. The van der Waals surface area contributed by atoms with Crippen LogP contribution in [-0.2, 0) is 5.33 Å². The Morgan fingerprint density at radius 3 is 2.86 bits per heavy atom. The van der Waals surface area contributed by atoms with E-state index in [4.69, 9.17) is 5.73 Å². The highest BCUT2D eigenvalue weighted by molar-refractivity contribution is 9.08. The van der Waals surface area contributed by atoms with E-state index in [0.717, 1.165) is 15.9 Å². The molecule has 14 heavy (non-hydrogen) atoms. The van der Waals surface area contributed by atoms with Crippen molar-refractivity contribution in [2.45, 2.75) is 10.2 Å². The number of hydrogen-bond acceptors (Lipinski definition) is 3. The highest BCUT2D eigenvalue weighted by Crippen LogP contribution is 2.34. The summed E-state index contributed by atoms with van der Waals surface area (Å²) in [7, 11) is 0. The second-order valence-electron chi connectivity index (χ2n) is 2.98. The van der Waals surface area contributed by atoms with Gasteiger partial charge in [-0.15, -0.1) is 23.1 Å². The van der Waals surface area contributed by atoms with Gasteiger partial charge < -0.3 is 5.73 Å². The average molecular weight is 288 g/mol. The van der Waals surface area contributed by atoms with E-state index in [1.165, 1.54) is 15.0 Å². The van der Waals surface area contributed by atoms with Gasteiger partial charge in [0.15, 0.2) is 0 Å². The van der Waals surface area contributed by atoms with E-state index in [0.29, 0.717) is 0 Å². The van der Waals surface area contributed by atoms with E-state index in [-0.39, 0.29) is 0 Å². The third-order valence-corrected chi connectivity index (χ3v) is 4.92. The van der Waals surface area contributed by atoms with Crippen molar-refractivity contribution in [1.29, 1.82) is 0 Å². The zero-order valence-electron chi connectivity index (χ0n) is 7.71. The number of thiophene rings is 1. The van der Waals surface area contributed by atoms with Crippen LogP contribution in [0, 0.1) is 0 Å². The van der Waals surface area contributed by atoms with Gasteiger partial charge in [-0.3, -0.25) is 0 Å². The van der Waals surface area contributed by atoms with Crippen LogP contribution in [-0.4, -0.2) is 6.26 Å². The largest absolute Gasteiger partial charge is 0.398 e. The first kappa shape index (κ1) is 10.3. The summed E-state index contributed by atoms with van der Waals surface area (Å²) in [5.41, 5.74) is 6.80. The van der Waals surface area contributed by atoms with Crippen molar-refractivity contribution in [3.8, 4) is 0 Å². The van der Waals surface area contributed by atoms with Crippen LogP contribution in [0.3, 0.4) is 0 Å². The van der Waals surface area contributed by atoms with Crippen molar-refractivity contribution in [3.05, 3.63) is 23.1 Å². The molecule has 0 aliphatic heterocycles. The van der Waals surface area contributed by atoms with Crippen molar-refractivity contribution < 1.29 is 0 Å². The molecule has 1 nitrogen and oxygen atoms in total. The predicted octanol–water partition coefficient (Wildman–Crippen LogP) is 4.10. The van der Waals surface area contributed by atoms with E-state index < -0.39 is 0 Å². The van der Waals surface area contributed by atoms with Crippen molar-refractivity contribution in [3.63, 3.8) is 0 Å². The molecule has 74 valence electrons. The smallest absolute Gasteiger partial charge is 0.0466 e. The van der Waals surface area contributed by atoms with E-state index in [1.807, 2.05) is 0 Å². The zero-order chi connectivity index (χ0) is 10.1. The molecule has 0 atom stereocenters. The highest BCUT2D eigenvalue weighted by atomic mass is 79.9. The minimum atomic E-state index is 0.882. The van der Waals surface area contributed by atoms with Gasteiger partial charge in [-0.2, -0.15) is 0 Å². The van der Waals surface area contributed by atoms with Gasteiger partial charge in [-0.25, -0.2) is 0 Å². The SMILES string of the molecule is CSc1cc2cc(CBr)sc2cc1N. The van der Waals surface area contributed by atoms with Gasteiger partial charge in [0.1, 0.15) is 0 Å². The lowest BCUT2D eigenvalue weighted by Crippen LogP contribution is -1.86. The lowest BCUT2D eigenvalue weighted by Gasteiger charge is -2.01. The van der Waals surface area contributed by atoms with Crippen molar-refractivity contribution in [2.75, 3.05) is 12.0 Å². The summed E-state index contributed by atoms with van der Waals surface area (Å²) in [5, 5.41) is 2.21. The standard InChI is InChI=1S/C10H10BrNS2/c1-13-10-3-6-2-7(5-11)14-9(6)4-8(10)12/h2-4H,5,12H2,1H3. The minimum absolute atomic E-state index is 0.882. The Kier molecular flexibility index (Phi) is 3.04. The second-order valence-corrected chi connectivity index (χ2v) is 5.56. The minimum Gasteiger partial charge on any atom is -0.398 e. The first-order valence-corrected chi connectivity index (χ1v) is 7.32. The topological polar surface area (TPSA) is 26.0 Å². The van der Waals surface area contributed by atoms with Crippen LogP contribution >= 0.6 is 39.0 Å². The summed E-state index contributed by atoms with van der Waals surface area (Å²) in [4.78, 5) is 2.51. The van der Waals surface area contributed by atoms with Gasteiger partial charge in [0, 0.05) is 25.5 Å². The van der Waals surface area contributed by atoms with Crippen LogP contribution in [0.5, 0.6) is 0 Å². The Hall–Kier alpha value is -0.190. The summed E-state index contributed by atoms with van der Waals surface area (Å²) in [6.45, 7) is 0. The lowest BCUT2D eigenvalue weighted by molar-refractivity contribution is 1.51. The van der Waals surface area contributed by atoms with Gasteiger partial charge in [0.05, 0.1) is 0 Å². The molecule has 1 heterocycles. The molecule has 1 aromatic heterocycles. The maximum atomic E-state index is 5.92. The molecule has 0 aliphatic carbocycles. The summed E-state index contributed by atoms with van der Waals surface area (Å²) in [6.07, 6.45) is 2.05. The lowest BCUT2D eigenvalue weighted by atomic mass is 10.2. The molecule has 0 aliphatic rings. The number of fused-ring (bicyclic) bond motifs is 1. The van der Waals surface area contributed by atoms with Crippen LogP contribution in [0.4, 0.5) is 5.69 Å². The summed E-state index contributed by atoms with van der Waals surface area (Å²) >= 11 is 6.95. The zero-order valence-corrected chi connectivity index (χ0v) is 10.9. The Labute approximate surface area is 99.8 Å². The van der Waals surface area contributed by atoms with Crippen molar-refractivity contribution in [2.24, 2.45) is 0 Å². The number of anilines is 1. The first-order chi connectivity index (χ1) is 6.74. The maximum Gasteiger partial charge on any atom is 0.0466 e. The molecule has 2 rings (SSSR count). The van der Waals surface area contributed by atoms with Gasteiger partial charge in [-0.1, -0.05) is 15.9 Å². The number of thioether (sulfide) groups is 1. The molecule has 0 spiro atoms. The second kappa shape index (κ2) is 4.13. The molecular weight excluding hydrogens is 278 g/mol. The van der Waals surface area contributed by atoms with Crippen molar-refractivity contribution >= 4 is 54.8 Å². The molecule has 0 radical (unpaired) electrons. The molecule has 0 saturated carbocycles. The maximum absolute atomic E-state index is 5.92.